The summed E-state index contributed by atoms with van der Waals surface area (Å²) in [6.07, 6.45) is 9.42. The van der Waals surface area contributed by atoms with Gasteiger partial charge in [-0.2, -0.15) is 0 Å². The number of anilines is 1. The second kappa shape index (κ2) is 10.9. The Morgan fingerprint density at radius 3 is 2.65 bits per heavy atom. The monoisotopic (exact) mass is 496 g/mol. The lowest BCUT2D eigenvalue weighted by molar-refractivity contribution is -0.125. The molecule has 0 spiro atoms. The number of nitrogens with one attached hydrogen (secondary N) is 1. The Bertz CT molecular complexity index is 1340. The maximum absolute atomic E-state index is 13.1. The van der Waals surface area contributed by atoms with Crippen molar-refractivity contribution in [3.63, 3.8) is 0 Å². The smallest absolute Gasteiger partial charge is 0.224 e. The average Bonchev–Trinajstić information content (AvgIpc) is 3.45. The molecule has 1 unspecified atom stereocenters. The van der Waals surface area contributed by atoms with E-state index < -0.39 is 0 Å². The summed E-state index contributed by atoms with van der Waals surface area (Å²) in [4.78, 5) is 27.3. The van der Waals surface area contributed by atoms with E-state index in [2.05, 4.69) is 67.1 Å². The quantitative estimate of drug-likeness (QED) is 0.416. The minimum Gasteiger partial charge on any atom is -0.355 e. The molecule has 1 aromatic carbocycles. The van der Waals surface area contributed by atoms with E-state index >= 15 is 0 Å². The molecule has 1 amide bonds. The summed E-state index contributed by atoms with van der Waals surface area (Å²) < 4.78 is 2.15. The third-order valence-corrected chi connectivity index (χ3v) is 8.11. The Morgan fingerprint density at radius 1 is 0.946 bits per heavy atom. The van der Waals surface area contributed by atoms with Gasteiger partial charge in [0.15, 0.2) is 11.5 Å². The number of aromatic nitrogens is 3. The zero-order chi connectivity index (χ0) is 25.0. The van der Waals surface area contributed by atoms with Crippen molar-refractivity contribution in [3.05, 3.63) is 72.6 Å². The topological polar surface area (TPSA) is 65.8 Å². The van der Waals surface area contributed by atoms with Gasteiger partial charge in [0, 0.05) is 38.6 Å². The summed E-state index contributed by atoms with van der Waals surface area (Å²) in [5.74, 6) is 1.86. The van der Waals surface area contributed by atoms with Gasteiger partial charge < -0.3 is 19.5 Å². The molecular formula is C30H36N6O. The number of hydrogen-bond donors (Lipinski definition) is 1. The van der Waals surface area contributed by atoms with Crippen LogP contribution in [0.15, 0.2) is 67.0 Å². The molecule has 7 heteroatoms. The van der Waals surface area contributed by atoms with Crippen LogP contribution in [0.5, 0.6) is 0 Å². The number of amides is 1. The second-order valence-corrected chi connectivity index (χ2v) is 10.6. The van der Waals surface area contributed by atoms with Crippen LogP contribution in [0.4, 0.5) is 5.82 Å². The van der Waals surface area contributed by atoms with Crippen LogP contribution >= 0.6 is 0 Å². The van der Waals surface area contributed by atoms with Crippen LogP contribution in [-0.4, -0.2) is 64.4 Å². The van der Waals surface area contributed by atoms with E-state index in [1.165, 1.54) is 24.8 Å². The molecule has 2 saturated heterocycles. The summed E-state index contributed by atoms with van der Waals surface area (Å²) in [7, 11) is 0. The molecule has 4 aromatic rings. The predicted octanol–water partition coefficient (Wildman–Crippen LogP) is 4.17. The van der Waals surface area contributed by atoms with E-state index in [1.54, 1.807) is 6.20 Å². The fourth-order valence-corrected chi connectivity index (χ4v) is 6.05. The average molecular weight is 497 g/mol. The van der Waals surface area contributed by atoms with E-state index in [-0.39, 0.29) is 11.8 Å². The van der Waals surface area contributed by atoms with Crippen LogP contribution in [0.2, 0.25) is 0 Å². The third kappa shape index (κ3) is 5.32. The number of likely N-dealkylation sites (tertiary alicyclic amines) is 1. The van der Waals surface area contributed by atoms with Gasteiger partial charge in [0.2, 0.25) is 5.91 Å². The van der Waals surface area contributed by atoms with E-state index in [9.17, 15) is 4.79 Å². The summed E-state index contributed by atoms with van der Waals surface area (Å²) in [5, 5.41) is 3.24. The van der Waals surface area contributed by atoms with Crippen LogP contribution in [0.25, 0.3) is 16.7 Å². The summed E-state index contributed by atoms with van der Waals surface area (Å²) in [6, 6.07) is 19.0. The summed E-state index contributed by atoms with van der Waals surface area (Å²) in [5.41, 5.74) is 4.25. The first-order valence-electron chi connectivity index (χ1n) is 13.8. The molecule has 192 valence electrons. The zero-order valence-electron chi connectivity index (χ0n) is 21.4. The molecule has 1 atom stereocenters. The Labute approximate surface area is 218 Å². The Balaban J connectivity index is 1.01. The minimum atomic E-state index is -0.0124. The standard InChI is InChI=1S/C30H36N6O/c37-30(32-15-20-34-18-12-24(13-19-34)21-23-7-2-1-3-8-23)25-9-5-16-35(22-25)29-27-11-6-17-36(27)26-10-4-14-31-28(26)33-29/h1-4,6-8,10-11,14,17,24-25H,5,9,12-13,15-16,18-22H2,(H,32,37). The highest BCUT2D eigenvalue weighted by Gasteiger charge is 2.28. The molecular weight excluding hydrogens is 460 g/mol. The number of rotatable bonds is 7. The van der Waals surface area contributed by atoms with Crippen molar-refractivity contribution in [2.75, 3.05) is 44.2 Å². The van der Waals surface area contributed by atoms with Gasteiger partial charge in [-0.05, 0) is 80.9 Å². The van der Waals surface area contributed by atoms with Crippen molar-refractivity contribution in [1.82, 2.24) is 24.6 Å². The van der Waals surface area contributed by atoms with Gasteiger partial charge in [0.05, 0.1) is 17.0 Å². The van der Waals surface area contributed by atoms with Crippen molar-refractivity contribution in [2.24, 2.45) is 11.8 Å². The van der Waals surface area contributed by atoms with Crippen LogP contribution in [-0.2, 0) is 11.2 Å². The molecule has 0 aliphatic carbocycles. The van der Waals surface area contributed by atoms with Crippen LogP contribution in [0.3, 0.4) is 0 Å². The van der Waals surface area contributed by atoms with Crippen molar-refractivity contribution in [3.8, 4) is 0 Å². The van der Waals surface area contributed by atoms with Gasteiger partial charge in [-0.3, -0.25) is 4.79 Å². The molecule has 0 bridgehead atoms. The van der Waals surface area contributed by atoms with Crippen molar-refractivity contribution in [1.29, 1.82) is 0 Å². The molecule has 37 heavy (non-hydrogen) atoms. The van der Waals surface area contributed by atoms with Gasteiger partial charge in [-0.1, -0.05) is 30.3 Å². The number of hydrogen-bond acceptors (Lipinski definition) is 5. The van der Waals surface area contributed by atoms with Gasteiger partial charge in [-0.15, -0.1) is 0 Å². The second-order valence-electron chi connectivity index (χ2n) is 10.6. The van der Waals surface area contributed by atoms with E-state index in [4.69, 9.17) is 4.98 Å². The lowest BCUT2D eigenvalue weighted by Crippen LogP contribution is -2.45. The third-order valence-electron chi connectivity index (χ3n) is 8.11. The molecule has 6 rings (SSSR count). The van der Waals surface area contributed by atoms with Crippen molar-refractivity contribution < 1.29 is 4.79 Å². The predicted molar refractivity (Wildman–Crippen MR) is 148 cm³/mol. The number of pyridine rings is 1. The van der Waals surface area contributed by atoms with Gasteiger partial charge in [0.25, 0.3) is 0 Å². The first-order chi connectivity index (χ1) is 18.2. The lowest BCUT2D eigenvalue weighted by Gasteiger charge is -2.34. The lowest BCUT2D eigenvalue weighted by atomic mass is 9.90. The molecule has 0 radical (unpaired) electrons. The molecule has 2 aliphatic heterocycles. The highest BCUT2D eigenvalue weighted by atomic mass is 16.1. The summed E-state index contributed by atoms with van der Waals surface area (Å²) in [6.45, 7) is 5.51. The van der Waals surface area contributed by atoms with E-state index in [1.807, 2.05) is 18.2 Å². The Morgan fingerprint density at radius 2 is 1.78 bits per heavy atom. The van der Waals surface area contributed by atoms with Gasteiger partial charge in [-0.25, -0.2) is 9.97 Å². The molecule has 2 aliphatic rings. The molecule has 0 saturated carbocycles. The van der Waals surface area contributed by atoms with Crippen LogP contribution in [0, 0.1) is 11.8 Å². The zero-order valence-corrected chi connectivity index (χ0v) is 21.4. The van der Waals surface area contributed by atoms with Crippen molar-refractivity contribution in [2.45, 2.75) is 32.1 Å². The summed E-state index contributed by atoms with van der Waals surface area (Å²) >= 11 is 0. The highest BCUT2D eigenvalue weighted by molar-refractivity contribution is 5.84. The number of carbonyl (C=O) groups excluding carboxylic acids is 1. The molecule has 1 N–H and O–H groups in total. The number of benzene rings is 1. The van der Waals surface area contributed by atoms with Gasteiger partial charge >= 0.3 is 0 Å². The maximum atomic E-state index is 13.1. The van der Waals surface area contributed by atoms with Crippen LogP contribution < -0.4 is 10.2 Å². The number of nitrogens with zero attached hydrogens (tertiary/aromatic N) is 5. The number of piperidine rings is 2. The largest absolute Gasteiger partial charge is 0.355 e. The maximum Gasteiger partial charge on any atom is 0.224 e. The normalized spacial score (nSPS) is 19.5. The van der Waals surface area contributed by atoms with Crippen molar-refractivity contribution >= 4 is 28.4 Å². The molecule has 2 fully saturated rings. The first kappa shape index (κ1) is 23.9. The number of carbonyl (C=O) groups is 1. The van der Waals surface area contributed by atoms with E-state index in [0.717, 1.165) is 74.0 Å². The number of fused-ring (bicyclic) bond motifs is 3. The van der Waals surface area contributed by atoms with E-state index in [0.29, 0.717) is 6.54 Å². The minimum absolute atomic E-state index is 0.0124. The van der Waals surface area contributed by atoms with Crippen LogP contribution in [0.1, 0.15) is 31.2 Å². The molecule has 5 heterocycles. The SMILES string of the molecule is O=C(NCCN1CCC(Cc2ccccc2)CC1)C1CCCN(c2nc3ncccc3n3cccc23)C1. The molecule has 3 aromatic heterocycles. The molecule has 7 nitrogen and oxygen atoms in total. The first-order valence-corrected chi connectivity index (χ1v) is 13.8. The highest BCUT2D eigenvalue weighted by Crippen LogP contribution is 2.28. The van der Waals surface area contributed by atoms with Gasteiger partial charge in [0.1, 0.15) is 0 Å². The Hall–Kier alpha value is -3.45. The fourth-order valence-electron chi connectivity index (χ4n) is 6.05. The Kier molecular flexibility index (Phi) is 7.04. The fraction of sp³-hybridized carbons (Fsp3) is 0.433.